The fourth-order valence-corrected chi connectivity index (χ4v) is 1.96. The second kappa shape index (κ2) is 7.51. The summed E-state index contributed by atoms with van der Waals surface area (Å²) >= 11 is 0. The Bertz CT molecular complexity index is 383. The molecule has 3 heteroatoms. The number of ether oxygens (including phenoxy) is 1. The highest BCUT2D eigenvalue weighted by Gasteiger charge is 2.15. The van der Waals surface area contributed by atoms with Gasteiger partial charge in [0.25, 0.3) is 0 Å². The largest absolute Gasteiger partial charge is 0.496 e. The van der Waals surface area contributed by atoms with E-state index in [1.54, 1.807) is 7.11 Å². The Kier molecular flexibility index (Phi) is 6.32. The van der Waals surface area contributed by atoms with Gasteiger partial charge >= 0.3 is 0 Å². The van der Waals surface area contributed by atoms with Gasteiger partial charge in [0.2, 0.25) is 0 Å². The van der Waals surface area contributed by atoms with Crippen LogP contribution in [0.25, 0.3) is 0 Å². The first kappa shape index (κ1) is 16.0. The lowest BCUT2D eigenvalue weighted by molar-refractivity contribution is 0.407. The maximum absolute atomic E-state index is 5.44. The van der Waals surface area contributed by atoms with Crippen LogP contribution in [0.15, 0.2) is 18.2 Å². The van der Waals surface area contributed by atoms with Crippen molar-refractivity contribution in [3.05, 3.63) is 29.3 Å². The lowest BCUT2D eigenvalue weighted by Crippen LogP contribution is -2.27. The minimum absolute atomic E-state index is 0.171. The van der Waals surface area contributed by atoms with Crippen LogP contribution < -0.4 is 15.4 Å². The number of likely N-dealkylation sites (N-methyl/N-ethyl adjacent to an activating group) is 1. The molecule has 0 atom stereocenters. The molecule has 0 aliphatic rings. The van der Waals surface area contributed by atoms with Gasteiger partial charge in [0.15, 0.2) is 0 Å². The normalized spacial score (nSPS) is 11.6. The molecule has 3 nitrogen and oxygen atoms in total. The van der Waals surface area contributed by atoms with Crippen LogP contribution in [0.2, 0.25) is 0 Å². The Labute approximate surface area is 117 Å². The summed E-state index contributed by atoms with van der Waals surface area (Å²) in [6.45, 7) is 12.7. The zero-order chi connectivity index (χ0) is 14.3. The van der Waals surface area contributed by atoms with Crippen LogP contribution in [-0.2, 0) is 12.0 Å². The SMILES string of the molecule is CCNCCNCc1cc(C(C)(C)C)ccc1OC. The van der Waals surface area contributed by atoms with Crippen molar-refractivity contribution in [3.8, 4) is 5.75 Å². The molecule has 1 rings (SSSR count). The Morgan fingerprint density at radius 2 is 1.79 bits per heavy atom. The predicted octanol–water partition coefficient (Wildman–Crippen LogP) is 2.69. The quantitative estimate of drug-likeness (QED) is 0.743. The molecule has 0 spiro atoms. The molecule has 2 N–H and O–H groups in total. The van der Waals surface area contributed by atoms with Crippen molar-refractivity contribution < 1.29 is 4.74 Å². The van der Waals surface area contributed by atoms with E-state index in [1.807, 2.05) is 0 Å². The molecule has 0 bridgehead atoms. The first-order valence-corrected chi connectivity index (χ1v) is 7.08. The Balaban J connectivity index is 2.68. The van der Waals surface area contributed by atoms with E-state index in [9.17, 15) is 0 Å². The fourth-order valence-electron chi connectivity index (χ4n) is 1.96. The molecule has 0 fully saturated rings. The number of benzene rings is 1. The van der Waals surface area contributed by atoms with E-state index in [-0.39, 0.29) is 5.41 Å². The topological polar surface area (TPSA) is 33.3 Å². The second-order valence-electron chi connectivity index (χ2n) is 5.81. The van der Waals surface area contributed by atoms with Gasteiger partial charge < -0.3 is 15.4 Å². The standard InChI is InChI=1S/C16H28N2O/c1-6-17-9-10-18-12-13-11-14(16(2,3)4)7-8-15(13)19-5/h7-8,11,17-18H,6,9-10,12H2,1-5H3. The molecular formula is C16H28N2O. The third kappa shape index (κ3) is 5.21. The average Bonchev–Trinajstić information content (AvgIpc) is 2.37. The lowest BCUT2D eigenvalue weighted by Gasteiger charge is -2.21. The van der Waals surface area contributed by atoms with Crippen molar-refractivity contribution in [2.75, 3.05) is 26.7 Å². The first-order chi connectivity index (χ1) is 8.99. The summed E-state index contributed by atoms with van der Waals surface area (Å²) in [6.07, 6.45) is 0. The van der Waals surface area contributed by atoms with Gasteiger partial charge in [-0.25, -0.2) is 0 Å². The van der Waals surface area contributed by atoms with Gasteiger partial charge in [-0.05, 0) is 23.6 Å². The Morgan fingerprint density at radius 3 is 2.37 bits per heavy atom. The summed E-state index contributed by atoms with van der Waals surface area (Å²) in [5, 5.41) is 6.75. The van der Waals surface area contributed by atoms with E-state index in [0.29, 0.717) is 0 Å². The number of hydrogen-bond donors (Lipinski definition) is 2. The zero-order valence-corrected chi connectivity index (χ0v) is 13.0. The summed E-state index contributed by atoms with van der Waals surface area (Å²) in [7, 11) is 1.73. The highest BCUT2D eigenvalue weighted by molar-refractivity contribution is 5.39. The number of hydrogen-bond acceptors (Lipinski definition) is 3. The Morgan fingerprint density at radius 1 is 1.11 bits per heavy atom. The molecule has 1 aromatic carbocycles. The minimum Gasteiger partial charge on any atom is -0.496 e. The van der Waals surface area contributed by atoms with Crippen LogP contribution in [0.3, 0.4) is 0 Å². The summed E-state index contributed by atoms with van der Waals surface area (Å²) in [5.41, 5.74) is 2.74. The molecule has 108 valence electrons. The maximum Gasteiger partial charge on any atom is 0.123 e. The van der Waals surface area contributed by atoms with E-state index in [1.165, 1.54) is 11.1 Å². The van der Waals surface area contributed by atoms with Crippen LogP contribution in [0.5, 0.6) is 5.75 Å². The molecule has 0 saturated carbocycles. The summed E-state index contributed by atoms with van der Waals surface area (Å²) < 4.78 is 5.44. The third-order valence-electron chi connectivity index (χ3n) is 3.19. The van der Waals surface area contributed by atoms with E-state index < -0.39 is 0 Å². The summed E-state index contributed by atoms with van der Waals surface area (Å²) in [4.78, 5) is 0. The van der Waals surface area contributed by atoms with Gasteiger partial charge in [-0.15, -0.1) is 0 Å². The molecule has 1 aromatic rings. The van der Waals surface area contributed by atoms with Crippen molar-refractivity contribution in [2.24, 2.45) is 0 Å². The first-order valence-electron chi connectivity index (χ1n) is 7.08. The maximum atomic E-state index is 5.44. The van der Waals surface area contributed by atoms with Crippen molar-refractivity contribution >= 4 is 0 Å². The molecule has 0 aliphatic carbocycles. The summed E-state index contributed by atoms with van der Waals surface area (Å²) in [5.74, 6) is 0.962. The van der Waals surface area contributed by atoms with E-state index in [2.05, 4.69) is 56.5 Å². The fraction of sp³-hybridized carbons (Fsp3) is 0.625. The smallest absolute Gasteiger partial charge is 0.123 e. The minimum atomic E-state index is 0.171. The van der Waals surface area contributed by atoms with Crippen molar-refractivity contribution in [1.82, 2.24) is 10.6 Å². The van der Waals surface area contributed by atoms with E-state index >= 15 is 0 Å². The zero-order valence-electron chi connectivity index (χ0n) is 13.0. The van der Waals surface area contributed by atoms with Crippen molar-refractivity contribution in [3.63, 3.8) is 0 Å². The summed E-state index contributed by atoms with van der Waals surface area (Å²) in [6, 6.07) is 6.47. The van der Waals surface area contributed by atoms with Gasteiger partial charge in [-0.2, -0.15) is 0 Å². The van der Waals surface area contributed by atoms with E-state index in [4.69, 9.17) is 4.74 Å². The van der Waals surface area contributed by atoms with Crippen LogP contribution >= 0.6 is 0 Å². The third-order valence-corrected chi connectivity index (χ3v) is 3.19. The number of methoxy groups -OCH3 is 1. The van der Waals surface area contributed by atoms with Gasteiger partial charge in [0, 0.05) is 25.2 Å². The van der Waals surface area contributed by atoms with Crippen LogP contribution in [0.1, 0.15) is 38.8 Å². The molecule has 0 saturated heterocycles. The van der Waals surface area contributed by atoms with Crippen molar-refractivity contribution in [2.45, 2.75) is 39.7 Å². The molecule has 0 amide bonds. The molecule has 0 heterocycles. The molecule has 19 heavy (non-hydrogen) atoms. The number of rotatable bonds is 7. The highest BCUT2D eigenvalue weighted by atomic mass is 16.5. The van der Waals surface area contributed by atoms with Gasteiger partial charge in [-0.1, -0.05) is 39.8 Å². The predicted molar refractivity (Wildman–Crippen MR) is 81.9 cm³/mol. The lowest BCUT2D eigenvalue weighted by atomic mass is 9.86. The molecule has 0 aromatic heterocycles. The molecule has 0 unspecified atom stereocenters. The molecular weight excluding hydrogens is 236 g/mol. The van der Waals surface area contributed by atoms with Crippen LogP contribution in [-0.4, -0.2) is 26.7 Å². The van der Waals surface area contributed by atoms with Crippen LogP contribution in [0, 0.1) is 0 Å². The highest BCUT2D eigenvalue weighted by Crippen LogP contribution is 2.27. The molecule has 0 aliphatic heterocycles. The number of nitrogens with one attached hydrogen (secondary N) is 2. The van der Waals surface area contributed by atoms with E-state index in [0.717, 1.165) is 31.9 Å². The van der Waals surface area contributed by atoms with Gasteiger partial charge in [0.05, 0.1) is 7.11 Å². The monoisotopic (exact) mass is 264 g/mol. The Hall–Kier alpha value is -1.06. The van der Waals surface area contributed by atoms with Crippen molar-refractivity contribution in [1.29, 1.82) is 0 Å². The van der Waals surface area contributed by atoms with Crippen LogP contribution in [0.4, 0.5) is 0 Å². The van der Waals surface area contributed by atoms with Gasteiger partial charge in [-0.3, -0.25) is 0 Å². The molecule has 0 radical (unpaired) electrons. The second-order valence-corrected chi connectivity index (χ2v) is 5.81. The average molecular weight is 264 g/mol. The van der Waals surface area contributed by atoms with Gasteiger partial charge in [0.1, 0.15) is 5.75 Å².